The summed E-state index contributed by atoms with van der Waals surface area (Å²) in [6, 6.07) is 2.97. The first-order chi connectivity index (χ1) is 10.0. The number of carboxylic acids is 1. The molecule has 0 spiro atoms. The molecule has 1 unspecified atom stereocenters. The van der Waals surface area contributed by atoms with Crippen LogP contribution in [0.1, 0.15) is 36.5 Å². The fraction of sp³-hybridized carbons (Fsp3) is 0.467. The summed E-state index contributed by atoms with van der Waals surface area (Å²) in [6.07, 6.45) is 3.04. The largest absolute Gasteiger partial charge is 0.478 e. The lowest BCUT2D eigenvalue weighted by Crippen LogP contribution is -2.42. The molecule has 1 heterocycles. The third-order valence-corrected chi connectivity index (χ3v) is 3.84. The van der Waals surface area contributed by atoms with Crippen LogP contribution in [-0.4, -0.2) is 35.1 Å². The molecule has 1 aromatic carbocycles. The summed E-state index contributed by atoms with van der Waals surface area (Å²) in [7, 11) is 0. The van der Waals surface area contributed by atoms with E-state index < -0.39 is 11.8 Å². The van der Waals surface area contributed by atoms with E-state index in [2.05, 4.69) is 12.2 Å². The normalized spacial score (nSPS) is 18.4. The summed E-state index contributed by atoms with van der Waals surface area (Å²) in [5.41, 5.74) is -0.157. The van der Waals surface area contributed by atoms with Gasteiger partial charge in [-0.15, -0.1) is 0 Å². The summed E-state index contributed by atoms with van der Waals surface area (Å²) in [4.78, 5) is 24.7. The Labute approximate surface area is 122 Å². The van der Waals surface area contributed by atoms with Crippen molar-refractivity contribution in [2.24, 2.45) is 5.92 Å². The van der Waals surface area contributed by atoms with Crippen molar-refractivity contribution < 1.29 is 19.1 Å². The number of amides is 2. The fourth-order valence-electron chi connectivity index (χ4n) is 2.53. The van der Waals surface area contributed by atoms with E-state index in [4.69, 9.17) is 5.11 Å². The van der Waals surface area contributed by atoms with E-state index >= 15 is 0 Å². The second kappa shape index (κ2) is 6.56. The predicted octanol–water partition coefficient (Wildman–Crippen LogP) is 3.18. The van der Waals surface area contributed by atoms with Crippen LogP contribution in [0, 0.1) is 11.7 Å². The first-order valence-corrected chi connectivity index (χ1v) is 7.10. The number of likely N-dealkylation sites (tertiary alicyclic amines) is 1. The van der Waals surface area contributed by atoms with Crippen molar-refractivity contribution in [2.45, 2.75) is 26.2 Å². The minimum absolute atomic E-state index is 0.0585. The van der Waals surface area contributed by atoms with Crippen LogP contribution in [0.5, 0.6) is 0 Å². The van der Waals surface area contributed by atoms with Gasteiger partial charge in [-0.05, 0) is 37.0 Å². The van der Waals surface area contributed by atoms with Crippen LogP contribution in [0.15, 0.2) is 18.2 Å². The molecule has 1 aliphatic heterocycles. The van der Waals surface area contributed by atoms with E-state index in [9.17, 15) is 14.0 Å². The number of urea groups is 1. The molecule has 1 atom stereocenters. The van der Waals surface area contributed by atoms with Crippen LogP contribution in [0.25, 0.3) is 0 Å². The highest BCUT2D eigenvalue weighted by molar-refractivity contribution is 5.93. The van der Waals surface area contributed by atoms with Crippen molar-refractivity contribution in [3.8, 4) is 0 Å². The highest BCUT2D eigenvalue weighted by Crippen LogP contribution is 2.21. The van der Waals surface area contributed by atoms with Gasteiger partial charge in [-0.3, -0.25) is 0 Å². The number of piperidine rings is 1. The zero-order chi connectivity index (χ0) is 15.4. The molecule has 0 saturated carbocycles. The summed E-state index contributed by atoms with van der Waals surface area (Å²) < 4.78 is 13.7. The van der Waals surface area contributed by atoms with Crippen molar-refractivity contribution in [3.63, 3.8) is 0 Å². The molecule has 2 rings (SSSR count). The molecule has 21 heavy (non-hydrogen) atoms. The van der Waals surface area contributed by atoms with Gasteiger partial charge in [0.15, 0.2) is 0 Å². The molecule has 0 radical (unpaired) electrons. The summed E-state index contributed by atoms with van der Waals surface area (Å²) >= 11 is 0. The summed E-state index contributed by atoms with van der Waals surface area (Å²) in [5.74, 6) is -1.33. The Kier molecular flexibility index (Phi) is 4.77. The van der Waals surface area contributed by atoms with Crippen LogP contribution < -0.4 is 5.32 Å². The molecular formula is C15H19FN2O3. The van der Waals surface area contributed by atoms with Crippen LogP contribution >= 0.6 is 0 Å². The molecule has 114 valence electrons. The Bertz CT molecular complexity index is 548. The number of carbonyl (C=O) groups is 2. The number of anilines is 1. The Balaban J connectivity index is 2.08. The second-order valence-corrected chi connectivity index (χ2v) is 5.29. The fourth-order valence-corrected chi connectivity index (χ4v) is 2.53. The van der Waals surface area contributed by atoms with Gasteiger partial charge in [-0.2, -0.15) is 0 Å². The molecule has 1 aromatic rings. The van der Waals surface area contributed by atoms with E-state index in [0.717, 1.165) is 31.4 Å². The molecule has 1 saturated heterocycles. The Morgan fingerprint density at radius 1 is 1.48 bits per heavy atom. The smallest absolute Gasteiger partial charge is 0.335 e. The molecule has 5 nitrogen and oxygen atoms in total. The predicted molar refractivity (Wildman–Crippen MR) is 77.0 cm³/mol. The second-order valence-electron chi connectivity index (χ2n) is 5.29. The van der Waals surface area contributed by atoms with E-state index in [0.29, 0.717) is 19.0 Å². The molecule has 1 fully saturated rings. The van der Waals surface area contributed by atoms with Crippen molar-refractivity contribution >= 4 is 17.7 Å². The number of nitrogens with one attached hydrogen (secondary N) is 1. The molecule has 1 aliphatic rings. The van der Waals surface area contributed by atoms with Gasteiger partial charge in [0.2, 0.25) is 0 Å². The van der Waals surface area contributed by atoms with Crippen LogP contribution in [-0.2, 0) is 0 Å². The number of benzene rings is 1. The standard InChI is InChI=1S/C15H19FN2O3/c1-2-10-4-3-7-18(9-10)15(21)17-13-8-11(14(19)20)5-6-12(13)16/h5-6,8,10H,2-4,7,9H2,1H3,(H,17,21)(H,19,20). The van der Waals surface area contributed by atoms with E-state index in [1.807, 2.05) is 0 Å². The van der Waals surface area contributed by atoms with Crippen LogP contribution in [0.2, 0.25) is 0 Å². The Hall–Kier alpha value is -2.11. The molecule has 0 aliphatic carbocycles. The number of halogens is 1. The average molecular weight is 294 g/mol. The van der Waals surface area contributed by atoms with Gasteiger partial charge in [0.05, 0.1) is 11.3 Å². The maximum atomic E-state index is 13.7. The molecule has 6 heteroatoms. The maximum Gasteiger partial charge on any atom is 0.335 e. The van der Waals surface area contributed by atoms with Gasteiger partial charge >= 0.3 is 12.0 Å². The molecule has 2 amide bonds. The summed E-state index contributed by atoms with van der Waals surface area (Å²) in [6.45, 7) is 3.38. The number of carbonyl (C=O) groups excluding carboxylic acids is 1. The monoisotopic (exact) mass is 294 g/mol. The quantitative estimate of drug-likeness (QED) is 0.899. The van der Waals surface area contributed by atoms with Gasteiger partial charge in [0, 0.05) is 13.1 Å². The SMILES string of the molecule is CCC1CCCN(C(=O)Nc2cc(C(=O)O)ccc2F)C1. The van der Waals surface area contributed by atoms with Crippen LogP contribution in [0.4, 0.5) is 14.9 Å². The molecule has 0 bridgehead atoms. The third-order valence-electron chi connectivity index (χ3n) is 3.84. The zero-order valence-corrected chi connectivity index (χ0v) is 11.9. The van der Waals surface area contributed by atoms with E-state index in [1.165, 1.54) is 6.07 Å². The summed E-state index contributed by atoms with van der Waals surface area (Å²) in [5, 5.41) is 11.4. The van der Waals surface area contributed by atoms with Gasteiger partial charge in [-0.25, -0.2) is 14.0 Å². The molecule has 0 aromatic heterocycles. The van der Waals surface area contributed by atoms with Crippen molar-refractivity contribution in [1.29, 1.82) is 0 Å². The number of nitrogens with zero attached hydrogens (tertiary/aromatic N) is 1. The number of aromatic carboxylic acids is 1. The number of rotatable bonds is 3. The van der Waals surface area contributed by atoms with Crippen LogP contribution in [0.3, 0.4) is 0 Å². The third kappa shape index (κ3) is 3.71. The van der Waals surface area contributed by atoms with E-state index in [1.54, 1.807) is 4.90 Å². The molecular weight excluding hydrogens is 275 g/mol. The van der Waals surface area contributed by atoms with Crippen molar-refractivity contribution in [3.05, 3.63) is 29.6 Å². The zero-order valence-electron chi connectivity index (χ0n) is 11.9. The topological polar surface area (TPSA) is 69.6 Å². The minimum Gasteiger partial charge on any atom is -0.478 e. The minimum atomic E-state index is -1.16. The molecule has 2 N–H and O–H groups in total. The first-order valence-electron chi connectivity index (χ1n) is 7.10. The Morgan fingerprint density at radius 2 is 2.24 bits per heavy atom. The van der Waals surface area contributed by atoms with E-state index in [-0.39, 0.29) is 17.3 Å². The number of carboxylic acid groups (broad SMARTS) is 1. The average Bonchev–Trinajstić information content (AvgIpc) is 2.49. The van der Waals surface area contributed by atoms with Crippen molar-refractivity contribution in [1.82, 2.24) is 4.90 Å². The van der Waals surface area contributed by atoms with Gasteiger partial charge in [-0.1, -0.05) is 13.3 Å². The number of hydrogen-bond donors (Lipinski definition) is 2. The Morgan fingerprint density at radius 3 is 2.90 bits per heavy atom. The maximum absolute atomic E-state index is 13.7. The van der Waals surface area contributed by atoms with Gasteiger partial charge in [0.1, 0.15) is 5.82 Å². The lowest BCUT2D eigenvalue weighted by atomic mass is 9.96. The highest BCUT2D eigenvalue weighted by atomic mass is 19.1. The van der Waals surface area contributed by atoms with Crippen molar-refractivity contribution in [2.75, 3.05) is 18.4 Å². The lowest BCUT2D eigenvalue weighted by Gasteiger charge is -2.32. The van der Waals surface area contributed by atoms with Gasteiger partial charge < -0.3 is 15.3 Å². The highest BCUT2D eigenvalue weighted by Gasteiger charge is 2.23. The number of hydrogen-bond acceptors (Lipinski definition) is 2. The van der Waals surface area contributed by atoms with Gasteiger partial charge in [0.25, 0.3) is 0 Å². The first kappa shape index (κ1) is 15.3. The lowest BCUT2D eigenvalue weighted by molar-refractivity contribution is 0.0697.